The van der Waals surface area contributed by atoms with Gasteiger partial charge >= 0.3 is 0 Å². The third-order valence-corrected chi connectivity index (χ3v) is 3.56. The summed E-state index contributed by atoms with van der Waals surface area (Å²) in [6, 6.07) is 5.38. The van der Waals surface area contributed by atoms with E-state index >= 15 is 0 Å². The van der Waals surface area contributed by atoms with Gasteiger partial charge in [-0.25, -0.2) is 0 Å². The second-order valence-electron chi connectivity index (χ2n) is 5.09. The lowest BCUT2D eigenvalue weighted by Gasteiger charge is -2.12. The summed E-state index contributed by atoms with van der Waals surface area (Å²) in [5, 5.41) is 0. The number of fused-ring (bicyclic) bond motifs is 1. The standard InChI is InChI=1S/C15H18O4/c1-10-3-5-13(19-10)15(16)11-4-6-12-14(9-11)18-8-2-7-17-12/h4,6,9-10,13H,2-3,5,7-8H2,1H3. The topological polar surface area (TPSA) is 44.8 Å². The maximum Gasteiger partial charge on any atom is 0.191 e. The molecule has 19 heavy (non-hydrogen) atoms. The van der Waals surface area contributed by atoms with Crippen molar-refractivity contribution in [2.24, 2.45) is 0 Å². The number of hydrogen-bond donors (Lipinski definition) is 0. The van der Waals surface area contributed by atoms with Crippen molar-refractivity contribution in [2.75, 3.05) is 13.2 Å². The van der Waals surface area contributed by atoms with E-state index in [1.807, 2.05) is 13.0 Å². The number of Topliss-reactive ketones (excluding diaryl/α,β-unsaturated/α-hetero) is 1. The number of rotatable bonds is 2. The van der Waals surface area contributed by atoms with Gasteiger partial charge in [0.2, 0.25) is 0 Å². The lowest BCUT2D eigenvalue weighted by atomic mass is 10.0. The summed E-state index contributed by atoms with van der Waals surface area (Å²) in [6.45, 7) is 3.28. The van der Waals surface area contributed by atoms with Crippen molar-refractivity contribution in [3.05, 3.63) is 23.8 Å². The van der Waals surface area contributed by atoms with Crippen molar-refractivity contribution in [3.8, 4) is 11.5 Å². The van der Waals surface area contributed by atoms with Crippen LogP contribution in [0.3, 0.4) is 0 Å². The molecule has 1 aromatic rings. The van der Waals surface area contributed by atoms with Crippen LogP contribution < -0.4 is 9.47 Å². The zero-order valence-corrected chi connectivity index (χ0v) is 11.1. The molecule has 0 aliphatic carbocycles. The van der Waals surface area contributed by atoms with E-state index in [0.29, 0.717) is 24.5 Å². The lowest BCUT2D eigenvalue weighted by molar-refractivity contribution is 0.0433. The van der Waals surface area contributed by atoms with Gasteiger partial charge in [0.25, 0.3) is 0 Å². The van der Waals surface area contributed by atoms with Gasteiger partial charge in [-0.1, -0.05) is 0 Å². The van der Waals surface area contributed by atoms with Crippen molar-refractivity contribution in [1.29, 1.82) is 0 Å². The van der Waals surface area contributed by atoms with E-state index in [1.165, 1.54) is 0 Å². The molecule has 2 heterocycles. The smallest absolute Gasteiger partial charge is 0.191 e. The summed E-state index contributed by atoms with van der Waals surface area (Å²) in [5.74, 6) is 1.42. The Labute approximate surface area is 112 Å². The number of hydrogen-bond acceptors (Lipinski definition) is 4. The second kappa shape index (κ2) is 5.21. The van der Waals surface area contributed by atoms with Crippen LogP contribution in [0.1, 0.15) is 36.5 Å². The summed E-state index contributed by atoms with van der Waals surface area (Å²) in [7, 11) is 0. The minimum atomic E-state index is -0.306. The normalized spacial score (nSPS) is 25.9. The number of carbonyl (C=O) groups is 1. The summed E-state index contributed by atoms with van der Waals surface area (Å²) >= 11 is 0. The first kappa shape index (κ1) is 12.5. The Kier molecular flexibility index (Phi) is 3.42. The molecule has 2 aliphatic rings. The molecule has 0 saturated carbocycles. The van der Waals surface area contributed by atoms with Crippen LogP contribution in [0, 0.1) is 0 Å². The Morgan fingerprint density at radius 2 is 1.95 bits per heavy atom. The van der Waals surface area contributed by atoms with Gasteiger partial charge in [0, 0.05) is 12.0 Å². The van der Waals surface area contributed by atoms with Crippen molar-refractivity contribution >= 4 is 5.78 Å². The predicted molar refractivity (Wildman–Crippen MR) is 69.9 cm³/mol. The van der Waals surface area contributed by atoms with Gasteiger partial charge in [-0.2, -0.15) is 0 Å². The summed E-state index contributed by atoms with van der Waals surface area (Å²) < 4.78 is 16.8. The van der Waals surface area contributed by atoms with Crippen molar-refractivity contribution in [3.63, 3.8) is 0 Å². The van der Waals surface area contributed by atoms with E-state index in [9.17, 15) is 4.79 Å². The largest absolute Gasteiger partial charge is 0.490 e. The van der Waals surface area contributed by atoms with Gasteiger partial charge in [-0.3, -0.25) is 4.79 Å². The van der Waals surface area contributed by atoms with Gasteiger partial charge in [0.1, 0.15) is 6.10 Å². The third-order valence-electron chi connectivity index (χ3n) is 3.56. The number of carbonyl (C=O) groups excluding carboxylic acids is 1. The number of ether oxygens (including phenoxy) is 3. The maximum absolute atomic E-state index is 12.3. The summed E-state index contributed by atoms with van der Waals surface area (Å²) in [5.41, 5.74) is 0.642. The summed E-state index contributed by atoms with van der Waals surface area (Å²) in [4.78, 5) is 12.3. The van der Waals surface area contributed by atoms with Crippen LogP contribution in [-0.4, -0.2) is 31.2 Å². The first-order chi connectivity index (χ1) is 9.24. The van der Waals surface area contributed by atoms with Crippen LogP contribution in [0.2, 0.25) is 0 Å². The second-order valence-corrected chi connectivity index (χ2v) is 5.09. The van der Waals surface area contributed by atoms with Gasteiger partial charge < -0.3 is 14.2 Å². The monoisotopic (exact) mass is 262 g/mol. The van der Waals surface area contributed by atoms with Gasteiger partial charge in [0.05, 0.1) is 19.3 Å². The van der Waals surface area contributed by atoms with E-state index in [0.717, 1.165) is 25.0 Å². The highest BCUT2D eigenvalue weighted by molar-refractivity contribution is 6.00. The minimum Gasteiger partial charge on any atom is -0.490 e. The molecule has 2 aliphatic heterocycles. The fraction of sp³-hybridized carbons (Fsp3) is 0.533. The average Bonchev–Trinajstić information content (AvgIpc) is 2.72. The highest BCUT2D eigenvalue weighted by Crippen LogP contribution is 2.32. The Morgan fingerprint density at radius 3 is 2.68 bits per heavy atom. The Bertz CT molecular complexity index is 483. The molecular weight excluding hydrogens is 244 g/mol. The molecule has 2 atom stereocenters. The van der Waals surface area contributed by atoms with Crippen molar-refractivity contribution in [2.45, 2.75) is 38.4 Å². The van der Waals surface area contributed by atoms with Crippen molar-refractivity contribution in [1.82, 2.24) is 0 Å². The molecule has 1 aromatic carbocycles. The van der Waals surface area contributed by atoms with E-state index in [1.54, 1.807) is 12.1 Å². The average molecular weight is 262 g/mol. The molecule has 0 radical (unpaired) electrons. The molecule has 0 amide bonds. The van der Waals surface area contributed by atoms with E-state index < -0.39 is 0 Å². The third kappa shape index (κ3) is 2.59. The van der Waals surface area contributed by atoms with Crippen LogP contribution in [0.25, 0.3) is 0 Å². The predicted octanol–water partition coefficient (Wildman–Crippen LogP) is 2.60. The molecular formula is C15H18O4. The molecule has 0 spiro atoms. The Balaban J connectivity index is 1.81. The SMILES string of the molecule is CC1CCC(C(=O)c2ccc3c(c2)OCCCO3)O1. The van der Waals surface area contributed by atoms with Gasteiger partial charge in [0.15, 0.2) is 17.3 Å². The van der Waals surface area contributed by atoms with E-state index in [-0.39, 0.29) is 18.0 Å². The fourth-order valence-corrected chi connectivity index (χ4v) is 2.50. The fourth-order valence-electron chi connectivity index (χ4n) is 2.50. The van der Waals surface area contributed by atoms with Crippen LogP contribution in [0.4, 0.5) is 0 Å². The molecule has 102 valence electrons. The zero-order valence-electron chi connectivity index (χ0n) is 11.1. The highest BCUT2D eigenvalue weighted by atomic mass is 16.5. The molecule has 4 heteroatoms. The molecule has 0 bridgehead atoms. The minimum absolute atomic E-state index is 0.0417. The maximum atomic E-state index is 12.3. The molecule has 1 saturated heterocycles. The van der Waals surface area contributed by atoms with Gasteiger partial charge in [-0.15, -0.1) is 0 Å². The molecule has 0 N–H and O–H groups in total. The molecule has 4 nitrogen and oxygen atoms in total. The van der Waals surface area contributed by atoms with Crippen molar-refractivity contribution < 1.29 is 19.0 Å². The van der Waals surface area contributed by atoms with Gasteiger partial charge in [-0.05, 0) is 38.0 Å². The molecule has 2 unspecified atom stereocenters. The number of benzene rings is 1. The Morgan fingerprint density at radius 1 is 1.16 bits per heavy atom. The first-order valence-electron chi connectivity index (χ1n) is 6.83. The summed E-state index contributed by atoms with van der Waals surface area (Å²) in [6.07, 6.45) is 2.48. The first-order valence-corrected chi connectivity index (χ1v) is 6.83. The lowest BCUT2D eigenvalue weighted by Crippen LogP contribution is -2.20. The number of ketones is 1. The molecule has 0 aromatic heterocycles. The van der Waals surface area contributed by atoms with E-state index in [4.69, 9.17) is 14.2 Å². The van der Waals surface area contributed by atoms with Crippen LogP contribution in [-0.2, 0) is 4.74 Å². The van der Waals surface area contributed by atoms with Crippen LogP contribution in [0.15, 0.2) is 18.2 Å². The van der Waals surface area contributed by atoms with Crippen LogP contribution >= 0.6 is 0 Å². The molecule has 3 rings (SSSR count). The van der Waals surface area contributed by atoms with Crippen LogP contribution in [0.5, 0.6) is 11.5 Å². The molecule has 1 fully saturated rings. The Hall–Kier alpha value is -1.55. The zero-order chi connectivity index (χ0) is 13.2. The quantitative estimate of drug-likeness (QED) is 0.768. The van der Waals surface area contributed by atoms with E-state index in [2.05, 4.69) is 0 Å². The highest BCUT2D eigenvalue weighted by Gasteiger charge is 2.29.